The van der Waals surface area contributed by atoms with E-state index in [-0.39, 0.29) is 36.3 Å². The molecule has 1 N–H and O–H groups in total. The summed E-state index contributed by atoms with van der Waals surface area (Å²) in [6.45, 7) is 0. The zero-order valence-electron chi connectivity index (χ0n) is 23.7. The van der Waals surface area contributed by atoms with E-state index in [1.165, 1.54) is 53.4 Å². The summed E-state index contributed by atoms with van der Waals surface area (Å²) in [5.41, 5.74) is -0.441. The Balaban J connectivity index is 1.52. The van der Waals surface area contributed by atoms with Crippen LogP contribution in [0.1, 0.15) is 48.8 Å². The van der Waals surface area contributed by atoms with Crippen molar-refractivity contribution in [3.05, 3.63) is 83.3 Å². The zero-order valence-corrected chi connectivity index (χ0v) is 23.7. The number of carbonyl (C=O) groups is 3. The molecule has 3 aliphatic rings. The number of nitriles is 1. The second-order valence-corrected chi connectivity index (χ2v) is 11.3. The van der Waals surface area contributed by atoms with Crippen LogP contribution in [0.15, 0.2) is 60.8 Å². The van der Waals surface area contributed by atoms with E-state index in [9.17, 15) is 32.8 Å². The summed E-state index contributed by atoms with van der Waals surface area (Å²) in [6, 6.07) is 13.2. The van der Waals surface area contributed by atoms with Crippen molar-refractivity contribution < 1.29 is 32.3 Å². The van der Waals surface area contributed by atoms with Gasteiger partial charge in [-0.15, -0.1) is 0 Å². The van der Waals surface area contributed by atoms with Crippen LogP contribution in [0, 0.1) is 17.1 Å². The first-order valence-corrected chi connectivity index (χ1v) is 14.2. The lowest BCUT2D eigenvalue weighted by molar-refractivity contribution is -0.137. The highest BCUT2D eigenvalue weighted by Crippen LogP contribution is 2.49. The Hall–Kier alpha value is -4.92. The monoisotopic (exact) mass is 603 g/mol. The van der Waals surface area contributed by atoms with E-state index in [1.54, 1.807) is 18.2 Å². The lowest BCUT2D eigenvalue weighted by atomic mass is 9.83. The molecule has 0 spiro atoms. The highest BCUT2D eigenvalue weighted by Gasteiger charge is 2.57. The van der Waals surface area contributed by atoms with Gasteiger partial charge in [-0.1, -0.05) is 18.2 Å². The Morgan fingerprint density at radius 2 is 1.91 bits per heavy atom. The number of aromatic nitrogens is 1. The smallest absolute Gasteiger partial charge is 0.252 e. The number of halogens is 3. The van der Waals surface area contributed by atoms with E-state index < -0.39 is 59.9 Å². The predicted molar refractivity (Wildman–Crippen MR) is 152 cm³/mol. The molecular formula is C32H28F3N5O4. The quantitative estimate of drug-likeness (QED) is 0.429. The first-order chi connectivity index (χ1) is 21.1. The van der Waals surface area contributed by atoms with Crippen LogP contribution in [-0.4, -0.2) is 47.8 Å². The summed E-state index contributed by atoms with van der Waals surface area (Å²) in [5, 5.41) is 12.2. The summed E-state index contributed by atoms with van der Waals surface area (Å²) in [7, 11) is 1.48. The number of ether oxygens (including phenoxy) is 1. The molecule has 0 bridgehead atoms. The molecule has 1 saturated carbocycles. The zero-order chi connectivity index (χ0) is 31.2. The van der Waals surface area contributed by atoms with Crippen molar-refractivity contribution in [1.29, 1.82) is 5.26 Å². The standard InChI is InChI=1S/C32H28F3N5O4/c1-44-26-7-3-6-24-23(26)10-12-32(24,30(43)38-21-16-31(34,35)17-21)40(22-5-2-4-20(33)15-22)29(42)25-8-9-28(41)39(25)27-14-19(18-36)11-13-37-27/h2-7,11,13-15,21,25H,8-10,12,16-17H2,1H3,(H,38,43)/t25-,32-/m0/s1. The maximum Gasteiger partial charge on any atom is 0.252 e. The van der Waals surface area contributed by atoms with E-state index in [2.05, 4.69) is 10.3 Å². The molecule has 1 saturated heterocycles. The number of hydrogen-bond acceptors (Lipinski definition) is 6. The Morgan fingerprint density at radius 1 is 1.14 bits per heavy atom. The number of carbonyl (C=O) groups excluding carboxylic acids is 3. The maximum atomic E-state index is 14.9. The SMILES string of the molecule is COc1cccc2c1CC[C@]2(C(=O)NC1CC(F)(F)C1)N(C(=O)[C@@H]1CCC(=O)N1c1cc(C#N)ccn1)c1cccc(F)c1. The molecule has 0 unspecified atom stereocenters. The van der Waals surface area contributed by atoms with Crippen LogP contribution >= 0.6 is 0 Å². The van der Waals surface area contributed by atoms with E-state index in [0.29, 0.717) is 23.3 Å². The summed E-state index contributed by atoms with van der Waals surface area (Å²) in [5.74, 6) is -4.79. The minimum absolute atomic E-state index is 0.00732. The van der Waals surface area contributed by atoms with Crippen molar-refractivity contribution in [3.63, 3.8) is 0 Å². The third-order valence-corrected chi connectivity index (χ3v) is 8.62. The van der Waals surface area contributed by atoms with Gasteiger partial charge in [-0.25, -0.2) is 18.2 Å². The maximum absolute atomic E-state index is 14.9. The molecular weight excluding hydrogens is 575 g/mol. The Kier molecular flexibility index (Phi) is 7.27. The predicted octanol–water partition coefficient (Wildman–Crippen LogP) is 4.39. The minimum atomic E-state index is -2.91. The number of anilines is 2. The fourth-order valence-electron chi connectivity index (χ4n) is 6.61. The number of fused-ring (bicyclic) bond motifs is 1. The average Bonchev–Trinajstić information content (AvgIpc) is 3.58. The van der Waals surface area contributed by atoms with Gasteiger partial charge in [0.25, 0.3) is 17.7 Å². The molecule has 226 valence electrons. The van der Waals surface area contributed by atoms with Gasteiger partial charge < -0.3 is 10.1 Å². The number of alkyl halides is 2. The number of nitrogens with one attached hydrogen (secondary N) is 1. The van der Waals surface area contributed by atoms with Gasteiger partial charge in [0.2, 0.25) is 5.91 Å². The van der Waals surface area contributed by atoms with Crippen molar-refractivity contribution >= 4 is 29.2 Å². The van der Waals surface area contributed by atoms with Crippen LogP contribution in [0.3, 0.4) is 0 Å². The van der Waals surface area contributed by atoms with Gasteiger partial charge in [0.1, 0.15) is 23.4 Å². The molecule has 0 radical (unpaired) electrons. The molecule has 2 fully saturated rings. The Bertz CT molecular complexity index is 1700. The fourth-order valence-corrected chi connectivity index (χ4v) is 6.61. The van der Waals surface area contributed by atoms with E-state index in [4.69, 9.17) is 4.74 Å². The third-order valence-electron chi connectivity index (χ3n) is 8.62. The summed E-state index contributed by atoms with van der Waals surface area (Å²) >= 11 is 0. The van der Waals surface area contributed by atoms with Gasteiger partial charge in [-0.2, -0.15) is 5.26 Å². The van der Waals surface area contributed by atoms with Crippen LogP contribution in [-0.2, 0) is 26.3 Å². The number of methoxy groups -OCH3 is 1. The molecule has 44 heavy (non-hydrogen) atoms. The fraction of sp³-hybridized carbons (Fsp3) is 0.344. The Labute approximate surface area is 251 Å². The van der Waals surface area contributed by atoms with Crippen LogP contribution in [0.5, 0.6) is 5.75 Å². The van der Waals surface area contributed by atoms with Crippen LogP contribution in [0.25, 0.3) is 0 Å². The number of hydrogen-bond donors (Lipinski definition) is 1. The first-order valence-electron chi connectivity index (χ1n) is 14.2. The minimum Gasteiger partial charge on any atom is -0.496 e. The normalized spacial score (nSPS) is 22.1. The second kappa shape index (κ2) is 11.0. The van der Waals surface area contributed by atoms with Crippen LogP contribution < -0.4 is 19.9 Å². The number of benzene rings is 2. The molecule has 9 nitrogen and oxygen atoms in total. The van der Waals surface area contributed by atoms with Gasteiger partial charge in [-0.3, -0.25) is 24.2 Å². The van der Waals surface area contributed by atoms with Crippen LogP contribution in [0.4, 0.5) is 24.7 Å². The van der Waals surface area contributed by atoms with E-state index >= 15 is 0 Å². The van der Waals surface area contributed by atoms with E-state index in [0.717, 1.165) is 6.07 Å². The molecule has 1 aromatic heterocycles. The third kappa shape index (κ3) is 4.82. The Morgan fingerprint density at radius 3 is 2.61 bits per heavy atom. The van der Waals surface area contributed by atoms with Crippen molar-refractivity contribution in [2.45, 2.75) is 62.1 Å². The van der Waals surface area contributed by atoms with Crippen molar-refractivity contribution in [3.8, 4) is 11.8 Å². The highest BCUT2D eigenvalue weighted by molar-refractivity contribution is 6.12. The molecule has 2 aromatic carbocycles. The molecule has 6 rings (SSSR count). The van der Waals surface area contributed by atoms with Gasteiger partial charge in [0, 0.05) is 42.8 Å². The van der Waals surface area contributed by atoms with Crippen molar-refractivity contribution in [2.24, 2.45) is 0 Å². The summed E-state index contributed by atoms with van der Waals surface area (Å²) in [6.07, 6.45) is 0.674. The number of pyridine rings is 1. The molecule has 2 heterocycles. The molecule has 2 atom stereocenters. The molecule has 3 amide bonds. The number of amides is 3. The van der Waals surface area contributed by atoms with Crippen molar-refractivity contribution in [1.82, 2.24) is 10.3 Å². The lowest BCUT2D eigenvalue weighted by Gasteiger charge is -2.45. The molecule has 2 aliphatic carbocycles. The largest absolute Gasteiger partial charge is 0.496 e. The summed E-state index contributed by atoms with van der Waals surface area (Å²) < 4.78 is 48.0. The van der Waals surface area contributed by atoms with Crippen LogP contribution in [0.2, 0.25) is 0 Å². The van der Waals surface area contributed by atoms with Gasteiger partial charge >= 0.3 is 0 Å². The lowest BCUT2D eigenvalue weighted by Crippen LogP contribution is -2.64. The van der Waals surface area contributed by atoms with Gasteiger partial charge in [-0.05, 0) is 61.2 Å². The molecule has 1 aliphatic heterocycles. The van der Waals surface area contributed by atoms with Gasteiger partial charge in [0.05, 0.1) is 18.7 Å². The second-order valence-electron chi connectivity index (χ2n) is 11.3. The van der Waals surface area contributed by atoms with E-state index in [1.807, 2.05) is 6.07 Å². The molecule has 12 heteroatoms. The topological polar surface area (TPSA) is 116 Å². The van der Waals surface area contributed by atoms with Crippen molar-refractivity contribution in [2.75, 3.05) is 16.9 Å². The average molecular weight is 604 g/mol. The number of rotatable bonds is 7. The number of nitrogens with zero attached hydrogens (tertiary/aromatic N) is 4. The first kappa shape index (κ1) is 29.2. The molecule has 3 aromatic rings. The highest BCUT2D eigenvalue weighted by atomic mass is 19.3. The van der Waals surface area contributed by atoms with Gasteiger partial charge in [0.15, 0.2) is 5.54 Å². The summed E-state index contributed by atoms with van der Waals surface area (Å²) in [4.78, 5) is 49.1.